The average Bonchev–Trinajstić information content (AvgIpc) is 2.53. The molecule has 0 aromatic heterocycles. The fourth-order valence-electron chi connectivity index (χ4n) is 2.37. The smallest absolute Gasteiger partial charge is 0.0204 e. The maximum atomic E-state index is 3.60. The van der Waals surface area contributed by atoms with Crippen molar-refractivity contribution in [3.05, 3.63) is 88.9 Å². The van der Waals surface area contributed by atoms with Crippen molar-refractivity contribution in [1.29, 1.82) is 0 Å². The molecule has 0 aliphatic heterocycles. The van der Waals surface area contributed by atoms with E-state index in [9.17, 15) is 0 Å². The second-order valence-corrected chi connectivity index (χ2v) is 8.01. The first kappa shape index (κ1) is 14.5. The van der Waals surface area contributed by atoms with Crippen molar-refractivity contribution in [2.75, 3.05) is 0 Å². The van der Waals surface area contributed by atoms with Gasteiger partial charge >= 0.3 is 0 Å². The Morgan fingerprint density at radius 2 is 1.19 bits per heavy atom. The van der Waals surface area contributed by atoms with Crippen LogP contribution in [0.3, 0.4) is 0 Å². The summed E-state index contributed by atoms with van der Waals surface area (Å²) in [6.07, 6.45) is 0. The van der Waals surface area contributed by atoms with Gasteiger partial charge in [0, 0.05) is 4.47 Å². The van der Waals surface area contributed by atoms with Gasteiger partial charge in [0.25, 0.3) is 0 Å². The number of benzene rings is 3. The van der Waals surface area contributed by atoms with Gasteiger partial charge in [-0.25, -0.2) is 0 Å². The zero-order chi connectivity index (χ0) is 14.7. The van der Waals surface area contributed by atoms with Crippen LogP contribution in [0.15, 0.2) is 83.3 Å². The summed E-state index contributed by atoms with van der Waals surface area (Å²) in [5.41, 5.74) is 1.28. The summed E-state index contributed by atoms with van der Waals surface area (Å²) in [5, 5.41) is 4.17. The van der Waals surface area contributed by atoms with Gasteiger partial charge in [0.2, 0.25) is 0 Å². The van der Waals surface area contributed by atoms with E-state index in [0.29, 0.717) is 0 Å². The van der Waals surface area contributed by atoms with Crippen molar-refractivity contribution in [1.82, 2.24) is 0 Å². The van der Waals surface area contributed by atoms with Gasteiger partial charge in [-0.1, -0.05) is 82.7 Å². The second kappa shape index (κ2) is 6.56. The quantitative estimate of drug-likeness (QED) is 0.606. The Morgan fingerprint density at radius 3 is 1.67 bits per heavy atom. The fraction of sp³-hybridized carbons (Fsp3) is 0.0526. The first-order chi connectivity index (χ1) is 10.3. The number of hydrogen-bond donors (Lipinski definition) is 0. The number of halogens is 1. The number of hydrogen-bond acceptors (Lipinski definition) is 0. The summed E-state index contributed by atoms with van der Waals surface area (Å²) >= 11 is 3.60. The topological polar surface area (TPSA) is 0 Å². The molecular weight excluding hydrogens is 339 g/mol. The zero-order valence-electron chi connectivity index (χ0n) is 11.8. The Balaban J connectivity index is 2.14. The lowest BCUT2D eigenvalue weighted by atomic mass is 10.2. The molecule has 0 amide bonds. The van der Waals surface area contributed by atoms with Gasteiger partial charge in [-0.15, -0.1) is 0 Å². The Labute approximate surface area is 135 Å². The van der Waals surface area contributed by atoms with Crippen LogP contribution < -0.4 is 15.9 Å². The molecule has 0 saturated heterocycles. The van der Waals surface area contributed by atoms with Gasteiger partial charge in [-0.3, -0.25) is 0 Å². The Bertz CT molecular complexity index is 684. The number of rotatable bonds is 3. The predicted molar refractivity (Wildman–Crippen MR) is 97.6 cm³/mol. The van der Waals surface area contributed by atoms with E-state index in [4.69, 9.17) is 0 Å². The Kier molecular flexibility index (Phi) is 4.53. The van der Waals surface area contributed by atoms with Gasteiger partial charge < -0.3 is 0 Å². The van der Waals surface area contributed by atoms with Crippen LogP contribution in [0, 0.1) is 6.92 Å². The maximum absolute atomic E-state index is 3.60. The molecule has 0 N–H and O–H groups in total. The zero-order valence-corrected chi connectivity index (χ0v) is 14.3. The summed E-state index contributed by atoms with van der Waals surface area (Å²) in [5.74, 6) is 0. The van der Waals surface area contributed by atoms with Gasteiger partial charge in [0.15, 0.2) is 0 Å². The molecule has 2 heteroatoms. The first-order valence-electron chi connectivity index (χ1n) is 6.92. The van der Waals surface area contributed by atoms with Crippen LogP contribution in [0.5, 0.6) is 0 Å². The molecule has 0 bridgehead atoms. The summed E-state index contributed by atoms with van der Waals surface area (Å²) in [6, 6.07) is 28.3. The second-order valence-electron chi connectivity index (χ2n) is 4.94. The molecule has 0 nitrogen and oxygen atoms in total. The third kappa shape index (κ3) is 3.26. The summed E-state index contributed by atoms with van der Waals surface area (Å²) in [4.78, 5) is 0. The third-order valence-electron chi connectivity index (χ3n) is 3.43. The van der Waals surface area contributed by atoms with Crippen LogP contribution in [-0.2, 0) is 0 Å². The maximum Gasteiger partial charge on any atom is 0.0204 e. The van der Waals surface area contributed by atoms with Crippen LogP contribution in [0.2, 0.25) is 0 Å². The molecule has 0 radical (unpaired) electrons. The Hall–Kier alpha value is -1.43. The van der Waals surface area contributed by atoms with E-state index in [0.717, 1.165) is 0 Å². The summed E-state index contributed by atoms with van der Waals surface area (Å²) in [7, 11) is -0.495. The van der Waals surface area contributed by atoms with Gasteiger partial charge in [-0.2, -0.15) is 0 Å². The minimum Gasteiger partial charge on any atom is -0.0622 e. The van der Waals surface area contributed by atoms with Crippen LogP contribution in [0.1, 0.15) is 5.56 Å². The highest BCUT2D eigenvalue weighted by atomic mass is 79.9. The van der Waals surface area contributed by atoms with Crippen molar-refractivity contribution in [3.8, 4) is 0 Å². The molecule has 0 unspecified atom stereocenters. The monoisotopic (exact) mass is 354 g/mol. The van der Waals surface area contributed by atoms with E-state index in [2.05, 4.69) is 102 Å². The van der Waals surface area contributed by atoms with Crippen molar-refractivity contribution in [2.45, 2.75) is 6.92 Å². The van der Waals surface area contributed by atoms with Gasteiger partial charge in [-0.05, 0) is 48.5 Å². The molecule has 21 heavy (non-hydrogen) atoms. The van der Waals surface area contributed by atoms with E-state index in [1.165, 1.54) is 25.9 Å². The van der Waals surface area contributed by atoms with Crippen molar-refractivity contribution >= 4 is 39.8 Å². The highest BCUT2D eigenvalue weighted by Gasteiger charge is 2.16. The molecule has 0 aliphatic carbocycles. The van der Waals surface area contributed by atoms with Crippen LogP contribution in [-0.4, -0.2) is 0 Å². The summed E-state index contributed by atoms with van der Waals surface area (Å²) < 4.78 is 1.17. The largest absolute Gasteiger partial charge is 0.0622 e. The Morgan fingerprint density at radius 1 is 0.667 bits per heavy atom. The van der Waals surface area contributed by atoms with E-state index >= 15 is 0 Å². The molecule has 0 atom stereocenters. The van der Waals surface area contributed by atoms with Crippen molar-refractivity contribution in [2.24, 2.45) is 0 Å². The SMILES string of the molecule is Cc1cc(P(c2ccccc2)c2ccccc2)ccc1Br. The molecule has 3 rings (SSSR count). The highest BCUT2D eigenvalue weighted by Crippen LogP contribution is 2.33. The van der Waals surface area contributed by atoms with Gasteiger partial charge in [0.1, 0.15) is 0 Å². The van der Waals surface area contributed by atoms with E-state index < -0.39 is 7.92 Å². The lowest BCUT2D eigenvalue weighted by Gasteiger charge is -2.20. The molecule has 0 heterocycles. The minimum atomic E-state index is -0.495. The van der Waals surface area contributed by atoms with E-state index in [-0.39, 0.29) is 0 Å². The van der Waals surface area contributed by atoms with Crippen molar-refractivity contribution < 1.29 is 0 Å². The molecule has 0 spiro atoms. The van der Waals surface area contributed by atoms with Crippen LogP contribution in [0.4, 0.5) is 0 Å². The third-order valence-corrected chi connectivity index (χ3v) is 6.74. The molecular formula is C19H16BrP. The molecule has 3 aromatic rings. The molecule has 3 aromatic carbocycles. The van der Waals surface area contributed by atoms with E-state index in [1.54, 1.807) is 0 Å². The molecule has 0 saturated carbocycles. The van der Waals surface area contributed by atoms with E-state index in [1.807, 2.05) is 0 Å². The standard InChI is InChI=1S/C19H16BrP/c1-15-14-18(12-13-19(15)20)21(16-8-4-2-5-9-16)17-10-6-3-7-11-17/h2-14H,1H3. The predicted octanol–water partition coefficient (Wildman–Crippen LogP) is 4.52. The molecule has 104 valence electrons. The highest BCUT2D eigenvalue weighted by molar-refractivity contribution is 9.10. The first-order valence-corrected chi connectivity index (χ1v) is 9.05. The molecule has 0 aliphatic rings. The number of aryl methyl sites for hydroxylation is 1. The van der Waals surface area contributed by atoms with Crippen molar-refractivity contribution in [3.63, 3.8) is 0 Å². The minimum absolute atomic E-state index is 0.495. The van der Waals surface area contributed by atoms with Crippen LogP contribution in [0.25, 0.3) is 0 Å². The van der Waals surface area contributed by atoms with Gasteiger partial charge in [0.05, 0.1) is 0 Å². The van der Waals surface area contributed by atoms with Crippen LogP contribution >= 0.6 is 23.9 Å². The summed E-state index contributed by atoms with van der Waals surface area (Å²) in [6.45, 7) is 2.15. The fourth-order valence-corrected chi connectivity index (χ4v) is 5.00. The normalized spacial score (nSPS) is 10.8. The lowest BCUT2D eigenvalue weighted by Crippen LogP contribution is -2.20. The average molecular weight is 355 g/mol. The lowest BCUT2D eigenvalue weighted by molar-refractivity contribution is 1.45. The molecule has 0 fully saturated rings.